The molecule has 21 heavy (non-hydrogen) atoms. The van der Waals surface area contributed by atoms with Gasteiger partial charge in [-0.1, -0.05) is 18.5 Å². The summed E-state index contributed by atoms with van der Waals surface area (Å²) in [5.41, 5.74) is 4.59. The largest absolute Gasteiger partial charge is 0.417 e. The highest BCUT2D eigenvalue weighted by Gasteiger charge is 2.38. The van der Waals surface area contributed by atoms with Crippen LogP contribution in [0.2, 0.25) is 5.02 Å². The molecule has 0 amide bonds. The summed E-state index contributed by atoms with van der Waals surface area (Å²) in [4.78, 5) is -0.430. The van der Waals surface area contributed by atoms with Crippen LogP contribution in [-0.2, 0) is 16.2 Å². The molecule has 0 spiro atoms. The summed E-state index contributed by atoms with van der Waals surface area (Å²) >= 11 is 5.49. The zero-order valence-corrected chi connectivity index (χ0v) is 12.6. The van der Waals surface area contributed by atoms with Gasteiger partial charge in [-0.25, -0.2) is 8.42 Å². The summed E-state index contributed by atoms with van der Waals surface area (Å²) in [7, 11) is -4.01. The number of benzene rings is 1. The molecule has 1 fully saturated rings. The number of halogens is 4. The van der Waals surface area contributed by atoms with E-state index >= 15 is 0 Å². The van der Waals surface area contributed by atoms with Gasteiger partial charge >= 0.3 is 6.18 Å². The molecule has 2 N–H and O–H groups in total. The first-order valence-electron chi connectivity index (χ1n) is 6.16. The molecule has 0 aromatic heterocycles. The first-order chi connectivity index (χ1) is 9.53. The number of alkyl halides is 3. The molecule has 1 heterocycles. The molecule has 0 saturated carbocycles. The maximum absolute atomic E-state index is 12.8. The first-order valence-corrected chi connectivity index (χ1v) is 7.97. The van der Waals surface area contributed by atoms with Crippen molar-refractivity contribution in [3.05, 3.63) is 28.8 Å². The van der Waals surface area contributed by atoms with Crippen LogP contribution in [0, 0.1) is 5.92 Å². The van der Waals surface area contributed by atoms with Crippen LogP contribution < -0.4 is 5.73 Å². The minimum absolute atomic E-state index is 0.0471. The molecule has 1 aromatic rings. The third-order valence-electron chi connectivity index (χ3n) is 3.52. The fourth-order valence-electron chi connectivity index (χ4n) is 2.17. The normalized spacial score (nSPS) is 24.5. The second-order valence-corrected chi connectivity index (χ2v) is 7.45. The molecule has 0 aliphatic carbocycles. The van der Waals surface area contributed by atoms with Gasteiger partial charge in [0.1, 0.15) is 0 Å². The fraction of sp³-hybridized carbons (Fsp3) is 0.500. The molecular weight excluding hydrogens is 329 g/mol. The molecule has 1 aliphatic heterocycles. The van der Waals surface area contributed by atoms with E-state index < -0.39 is 31.7 Å². The van der Waals surface area contributed by atoms with Gasteiger partial charge in [-0.15, -0.1) is 0 Å². The SMILES string of the molecule is CC1CN(S(=O)(=O)c2ccc(Cl)c(C(F)(F)F)c2)CC1N. The van der Waals surface area contributed by atoms with Crippen molar-refractivity contribution in [3.63, 3.8) is 0 Å². The van der Waals surface area contributed by atoms with E-state index in [0.717, 1.165) is 16.4 Å². The van der Waals surface area contributed by atoms with Gasteiger partial charge in [0.25, 0.3) is 0 Å². The number of rotatable bonds is 2. The molecule has 9 heteroatoms. The predicted molar refractivity (Wildman–Crippen MR) is 72.4 cm³/mol. The maximum Gasteiger partial charge on any atom is 0.417 e. The Hall–Kier alpha value is -0.830. The van der Waals surface area contributed by atoms with E-state index in [1.807, 2.05) is 0 Å². The predicted octanol–water partition coefficient (Wildman–Crippen LogP) is 2.33. The molecule has 1 saturated heterocycles. The van der Waals surface area contributed by atoms with Crippen molar-refractivity contribution in [1.29, 1.82) is 0 Å². The second kappa shape index (κ2) is 5.42. The van der Waals surface area contributed by atoms with Crippen molar-refractivity contribution >= 4 is 21.6 Å². The van der Waals surface area contributed by atoms with E-state index in [4.69, 9.17) is 17.3 Å². The van der Waals surface area contributed by atoms with Gasteiger partial charge in [-0.3, -0.25) is 0 Å². The lowest BCUT2D eigenvalue weighted by atomic mass is 10.1. The van der Waals surface area contributed by atoms with Crippen molar-refractivity contribution in [2.75, 3.05) is 13.1 Å². The molecule has 1 aliphatic rings. The Morgan fingerprint density at radius 2 is 1.95 bits per heavy atom. The molecule has 0 bridgehead atoms. The van der Waals surface area contributed by atoms with E-state index in [-0.39, 0.29) is 25.0 Å². The van der Waals surface area contributed by atoms with Crippen LogP contribution in [0.25, 0.3) is 0 Å². The number of nitrogens with two attached hydrogens (primary N) is 1. The van der Waals surface area contributed by atoms with Gasteiger partial charge in [-0.05, 0) is 24.1 Å². The zero-order chi connectivity index (χ0) is 16.0. The van der Waals surface area contributed by atoms with Gasteiger partial charge in [0.15, 0.2) is 0 Å². The zero-order valence-electron chi connectivity index (χ0n) is 11.1. The van der Waals surface area contributed by atoms with Crippen LogP contribution >= 0.6 is 11.6 Å². The average molecular weight is 343 g/mol. The monoisotopic (exact) mass is 342 g/mol. The number of hydrogen-bond acceptors (Lipinski definition) is 3. The van der Waals surface area contributed by atoms with Crippen LogP contribution in [-0.4, -0.2) is 31.9 Å². The summed E-state index contributed by atoms with van der Waals surface area (Å²) in [6, 6.07) is 2.25. The van der Waals surface area contributed by atoms with Crippen molar-refractivity contribution in [1.82, 2.24) is 4.31 Å². The van der Waals surface area contributed by atoms with E-state index in [2.05, 4.69) is 0 Å². The van der Waals surface area contributed by atoms with Crippen LogP contribution in [0.4, 0.5) is 13.2 Å². The molecule has 1 aromatic carbocycles. The molecule has 0 radical (unpaired) electrons. The number of sulfonamides is 1. The Labute approximate surface area is 125 Å². The van der Waals surface area contributed by atoms with Crippen molar-refractivity contribution in [2.45, 2.75) is 24.0 Å². The standard InChI is InChI=1S/C12H14ClF3N2O2S/c1-7-5-18(6-11(7)17)21(19,20)8-2-3-10(13)9(4-8)12(14,15)16/h2-4,7,11H,5-6,17H2,1H3. The quantitative estimate of drug-likeness (QED) is 0.897. The Bertz CT molecular complexity index is 638. The highest BCUT2D eigenvalue weighted by molar-refractivity contribution is 7.89. The molecule has 118 valence electrons. The Morgan fingerprint density at radius 1 is 1.33 bits per heavy atom. The number of hydrogen-bond donors (Lipinski definition) is 1. The molecule has 2 atom stereocenters. The van der Waals surface area contributed by atoms with Crippen LogP contribution in [0.15, 0.2) is 23.1 Å². The smallest absolute Gasteiger partial charge is 0.326 e. The van der Waals surface area contributed by atoms with Gasteiger partial charge in [-0.2, -0.15) is 17.5 Å². The van der Waals surface area contributed by atoms with Crippen molar-refractivity contribution < 1.29 is 21.6 Å². The van der Waals surface area contributed by atoms with Crippen molar-refractivity contribution in [2.24, 2.45) is 11.7 Å². The average Bonchev–Trinajstić information content (AvgIpc) is 2.69. The minimum atomic E-state index is -4.71. The third kappa shape index (κ3) is 3.18. The fourth-order valence-corrected chi connectivity index (χ4v) is 4.00. The Kier molecular flexibility index (Phi) is 4.27. The Balaban J connectivity index is 2.42. The topological polar surface area (TPSA) is 63.4 Å². The van der Waals surface area contributed by atoms with Crippen molar-refractivity contribution in [3.8, 4) is 0 Å². The van der Waals surface area contributed by atoms with Gasteiger partial charge in [0.05, 0.1) is 15.5 Å². The molecule has 2 rings (SSSR count). The summed E-state index contributed by atoms with van der Waals surface area (Å²) in [6.07, 6.45) is -4.71. The molecular formula is C12H14ClF3N2O2S. The lowest BCUT2D eigenvalue weighted by Crippen LogP contribution is -2.32. The van der Waals surface area contributed by atoms with Crippen LogP contribution in [0.5, 0.6) is 0 Å². The van der Waals surface area contributed by atoms with Gasteiger partial charge < -0.3 is 5.73 Å². The third-order valence-corrected chi connectivity index (χ3v) is 5.68. The van der Waals surface area contributed by atoms with E-state index in [1.54, 1.807) is 6.92 Å². The maximum atomic E-state index is 12.8. The number of nitrogens with zero attached hydrogens (tertiary/aromatic N) is 1. The lowest BCUT2D eigenvalue weighted by molar-refractivity contribution is -0.137. The minimum Gasteiger partial charge on any atom is -0.326 e. The van der Waals surface area contributed by atoms with Gasteiger partial charge in [0, 0.05) is 19.1 Å². The van der Waals surface area contributed by atoms with E-state index in [0.29, 0.717) is 6.07 Å². The summed E-state index contributed by atoms with van der Waals surface area (Å²) in [6.45, 7) is 2.07. The first kappa shape index (κ1) is 16.5. The molecule has 4 nitrogen and oxygen atoms in total. The highest BCUT2D eigenvalue weighted by atomic mass is 35.5. The summed E-state index contributed by atoms with van der Waals surface area (Å²) in [5.74, 6) is -0.0471. The summed E-state index contributed by atoms with van der Waals surface area (Å²) in [5, 5.41) is -0.534. The van der Waals surface area contributed by atoms with Crippen LogP contribution in [0.1, 0.15) is 12.5 Å². The van der Waals surface area contributed by atoms with Gasteiger partial charge in [0.2, 0.25) is 10.0 Å². The second-order valence-electron chi connectivity index (χ2n) is 5.10. The molecule has 2 unspecified atom stereocenters. The lowest BCUT2D eigenvalue weighted by Gasteiger charge is -2.17. The summed E-state index contributed by atoms with van der Waals surface area (Å²) < 4.78 is 64.3. The van der Waals surface area contributed by atoms with E-state index in [9.17, 15) is 21.6 Å². The Morgan fingerprint density at radius 3 is 2.43 bits per heavy atom. The highest BCUT2D eigenvalue weighted by Crippen LogP contribution is 2.36. The van der Waals surface area contributed by atoms with Crippen LogP contribution in [0.3, 0.4) is 0 Å². The van der Waals surface area contributed by atoms with E-state index in [1.165, 1.54) is 0 Å².